The van der Waals surface area contributed by atoms with Crippen molar-refractivity contribution in [2.75, 3.05) is 20.7 Å². The van der Waals surface area contributed by atoms with E-state index in [2.05, 4.69) is 5.32 Å². The molecule has 2 N–H and O–H groups in total. The molecule has 84 valence electrons. The van der Waals surface area contributed by atoms with Gasteiger partial charge in [0, 0.05) is 0 Å². The molecule has 0 unspecified atom stereocenters. The number of aryl methyl sites for hydroxylation is 1. The summed E-state index contributed by atoms with van der Waals surface area (Å²) in [7, 11) is 3.21. The molecule has 0 saturated heterocycles. The minimum absolute atomic E-state index is 0.209. The van der Waals surface area contributed by atoms with Crippen molar-refractivity contribution < 1.29 is 14.2 Å². The van der Waals surface area contributed by atoms with Crippen LogP contribution in [0.4, 0.5) is 4.39 Å². The van der Waals surface area contributed by atoms with Gasteiger partial charge in [-0.05, 0) is 44.1 Å². The van der Waals surface area contributed by atoms with Gasteiger partial charge in [0.05, 0.1) is 7.11 Å². The van der Waals surface area contributed by atoms with Gasteiger partial charge in [-0.15, -0.1) is 0 Å². The van der Waals surface area contributed by atoms with Gasteiger partial charge in [-0.25, -0.2) is 4.39 Å². The highest BCUT2D eigenvalue weighted by atomic mass is 19.1. The van der Waals surface area contributed by atoms with Crippen LogP contribution < -0.4 is 10.1 Å². The van der Waals surface area contributed by atoms with Crippen LogP contribution in [0.5, 0.6) is 11.5 Å². The van der Waals surface area contributed by atoms with Crippen LogP contribution in [-0.4, -0.2) is 25.8 Å². The maximum Gasteiger partial charge on any atom is 0.194 e. The molecule has 0 spiro atoms. The Kier molecular flexibility index (Phi) is 3.91. The maximum atomic E-state index is 13.6. The molecule has 0 atom stereocenters. The van der Waals surface area contributed by atoms with E-state index in [9.17, 15) is 9.50 Å². The highest BCUT2D eigenvalue weighted by Gasteiger charge is 2.15. The standard InChI is InChI=1S/C11H16FNO2/c1-7-6-8(4-5-13-2)9(12)10(14)11(7)15-3/h6,13-14H,4-5H2,1-3H3. The Labute approximate surface area is 88.9 Å². The minimum Gasteiger partial charge on any atom is -0.502 e. The van der Waals surface area contributed by atoms with Crippen molar-refractivity contribution in [1.82, 2.24) is 5.32 Å². The number of rotatable bonds is 4. The first-order valence-electron chi connectivity index (χ1n) is 4.81. The lowest BCUT2D eigenvalue weighted by Gasteiger charge is -2.11. The SMILES string of the molecule is CNCCc1cc(C)c(OC)c(O)c1F. The summed E-state index contributed by atoms with van der Waals surface area (Å²) in [5.41, 5.74) is 1.24. The fourth-order valence-electron chi connectivity index (χ4n) is 1.53. The molecule has 0 fully saturated rings. The molecule has 0 amide bonds. The first kappa shape index (κ1) is 11.8. The lowest BCUT2D eigenvalue weighted by molar-refractivity contribution is 0.353. The average molecular weight is 213 g/mol. The Bertz CT molecular complexity index is 353. The normalized spacial score (nSPS) is 10.4. The number of benzene rings is 1. The van der Waals surface area contributed by atoms with Crippen LogP contribution in [-0.2, 0) is 6.42 Å². The summed E-state index contributed by atoms with van der Waals surface area (Å²) in [6.07, 6.45) is 0.542. The smallest absolute Gasteiger partial charge is 0.194 e. The molecule has 4 heteroatoms. The second-order valence-corrected chi connectivity index (χ2v) is 3.40. The Morgan fingerprint density at radius 1 is 1.53 bits per heavy atom. The second-order valence-electron chi connectivity index (χ2n) is 3.40. The molecule has 0 aliphatic carbocycles. The summed E-state index contributed by atoms with van der Waals surface area (Å²) >= 11 is 0. The number of nitrogens with one attached hydrogen (secondary N) is 1. The number of phenols is 1. The summed E-state index contributed by atoms with van der Waals surface area (Å²) in [5, 5.41) is 12.5. The molecule has 0 bridgehead atoms. The van der Waals surface area contributed by atoms with Gasteiger partial charge in [0.2, 0.25) is 0 Å². The zero-order chi connectivity index (χ0) is 11.4. The van der Waals surface area contributed by atoms with Gasteiger partial charge >= 0.3 is 0 Å². The number of ether oxygens (including phenoxy) is 1. The van der Waals surface area contributed by atoms with Crippen molar-refractivity contribution in [2.24, 2.45) is 0 Å². The van der Waals surface area contributed by atoms with Crippen LogP contribution in [0.3, 0.4) is 0 Å². The number of aromatic hydroxyl groups is 1. The van der Waals surface area contributed by atoms with Crippen LogP contribution in [0.1, 0.15) is 11.1 Å². The molecular formula is C11H16FNO2. The number of hydrogen-bond acceptors (Lipinski definition) is 3. The monoisotopic (exact) mass is 213 g/mol. The number of hydrogen-bond donors (Lipinski definition) is 2. The number of likely N-dealkylation sites (N-methyl/N-ethyl adjacent to an activating group) is 1. The quantitative estimate of drug-likeness (QED) is 0.798. The Balaban J connectivity index is 3.10. The highest BCUT2D eigenvalue weighted by molar-refractivity contribution is 5.49. The van der Waals surface area contributed by atoms with E-state index in [1.165, 1.54) is 7.11 Å². The second kappa shape index (κ2) is 4.98. The highest BCUT2D eigenvalue weighted by Crippen LogP contribution is 2.34. The van der Waals surface area contributed by atoms with Gasteiger partial charge in [-0.2, -0.15) is 0 Å². The van der Waals surface area contributed by atoms with Crippen LogP contribution in [0.25, 0.3) is 0 Å². The summed E-state index contributed by atoms with van der Waals surface area (Å²) in [6.45, 7) is 2.45. The molecule has 0 radical (unpaired) electrons. The number of halogens is 1. The Morgan fingerprint density at radius 2 is 2.20 bits per heavy atom. The van der Waals surface area contributed by atoms with E-state index < -0.39 is 11.6 Å². The zero-order valence-corrected chi connectivity index (χ0v) is 9.22. The van der Waals surface area contributed by atoms with Gasteiger partial charge in [0.1, 0.15) is 0 Å². The third-order valence-electron chi connectivity index (χ3n) is 2.30. The molecule has 0 saturated carbocycles. The number of phenolic OH excluding ortho intramolecular Hbond substituents is 1. The van der Waals surface area contributed by atoms with E-state index in [0.29, 0.717) is 18.5 Å². The third-order valence-corrected chi connectivity index (χ3v) is 2.30. The molecule has 0 aliphatic heterocycles. The maximum absolute atomic E-state index is 13.6. The van der Waals surface area contributed by atoms with Gasteiger partial charge in [0.25, 0.3) is 0 Å². The summed E-state index contributed by atoms with van der Waals surface area (Å²) in [6, 6.07) is 1.70. The molecule has 1 rings (SSSR count). The van der Waals surface area contributed by atoms with Crippen LogP contribution in [0.15, 0.2) is 6.07 Å². The van der Waals surface area contributed by atoms with Gasteiger partial charge in [0.15, 0.2) is 17.3 Å². The predicted molar refractivity (Wildman–Crippen MR) is 57.0 cm³/mol. The molecule has 15 heavy (non-hydrogen) atoms. The summed E-state index contributed by atoms with van der Waals surface area (Å²) in [4.78, 5) is 0. The molecule has 1 aromatic carbocycles. The zero-order valence-electron chi connectivity index (χ0n) is 9.22. The van der Waals surface area contributed by atoms with Crippen LogP contribution in [0.2, 0.25) is 0 Å². The summed E-state index contributed by atoms with van der Waals surface area (Å²) in [5.74, 6) is -0.781. The van der Waals surface area contributed by atoms with Gasteiger partial charge < -0.3 is 15.2 Å². The Hall–Kier alpha value is -1.29. The van der Waals surface area contributed by atoms with E-state index in [-0.39, 0.29) is 5.75 Å². The third kappa shape index (κ3) is 2.39. The fourth-order valence-corrected chi connectivity index (χ4v) is 1.53. The molecule has 1 aromatic rings. The van der Waals surface area contributed by atoms with E-state index in [1.807, 2.05) is 0 Å². The van der Waals surface area contributed by atoms with Crippen molar-refractivity contribution in [1.29, 1.82) is 0 Å². The van der Waals surface area contributed by atoms with E-state index in [4.69, 9.17) is 4.74 Å². The lowest BCUT2D eigenvalue weighted by Crippen LogP contribution is -2.11. The average Bonchev–Trinajstić information content (AvgIpc) is 2.22. The Morgan fingerprint density at radius 3 is 2.73 bits per heavy atom. The van der Waals surface area contributed by atoms with Crippen molar-refractivity contribution >= 4 is 0 Å². The molecule has 3 nitrogen and oxygen atoms in total. The molecule has 0 heterocycles. The van der Waals surface area contributed by atoms with E-state index in [1.54, 1.807) is 20.0 Å². The molecule has 0 aliphatic rings. The number of methoxy groups -OCH3 is 1. The van der Waals surface area contributed by atoms with Crippen molar-refractivity contribution in [3.63, 3.8) is 0 Å². The van der Waals surface area contributed by atoms with E-state index >= 15 is 0 Å². The van der Waals surface area contributed by atoms with Crippen LogP contribution >= 0.6 is 0 Å². The van der Waals surface area contributed by atoms with Crippen molar-refractivity contribution in [3.05, 3.63) is 23.0 Å². The predicted octanol–water partition coefficient (Wildman–Crippen LogP) is 1.61. The van der Waals surface area contributed by atoms with Gasteiger partial charge in [-0.3, -0.25) is 0 Å². The first-order chi connectivity index (χ1) is 7.11. The summed E-state index contributed by atoms with van der Waals surface area (Å²) < 4.78 is 18.5. The van der Waals surface area contributed by atoms with Crippen LogP contribution in [0, 0.1) is 12.7 Å². The van der Waals surface area contributed by atoms with E-state index in [0.717, 1.165) is 5.56 Å². The molecular weight excluding hydrogens is 197 g/mol. The topological polar surface area (TPSA) is 41.5 Å². The van der Waals surface area contributed by atoms with Crippen molar-refractivity contribution in [2.45, 2.75) is 13.3 Å². The molecule has 0 aromatic heterocycles. The first-order valence-corrected chi connectivity index (χ1v) is 4.81. The lowest BCUT2D eigenvalue weighted by atomic mass is 10.1. The van der Waals surface area contributed by atoms with Gasteiger partial charge in [-0.1, -0.05) is 0 Å². The fraction of sp³-hybridized carbons (Fsp3) is 0.455. The van der Waals surface area contributed by atoms with Crippen molar-refractivity contribution in [3.8, 4) is 11.5 Å². The largest absolute Gasteiger partial charge is 0.502 e. The minimum atomic E-state index is -0.590.